The molecular formula is C20H21N7O2. The highest BCUT2D eigenvalue weighted by Crippen LogP contribution is 2.27. The van der Waals surface area contributed by atoms with Crippen molar-refractivity contribution in [2.24, 2.45) is 7.05 Å². The highest BCUT2D eigenvalue weighted by Gasteiger charge is 2.13. The van der Waals surface area contributed by atoms with Crippen LogP contribution in [0.25, 0.3) is 17.1 Å². The fraction of sp³-hybridized carbons (Fsp3) is 0.250. The van der Waals surface area contributed by atoms with Crippen LogP contribution in [0.4, 0.5) is 0 Å². The maximum absolute atomic E-state index is 12.2. The van der Waals surface area contributed by atoms with Gasteiger partial charge in [-0.05, 0) is 25.1 Å². The van der Waals surface area contributed by atoms with Gasteiger partial charge in [-0.25, -0.2) is 9.78 Å². The number of aromatic amines is 1. The number of H-pyrrole nitrogens is 1. The first-order valence-electron chi connectivity index (χ1n) is 9.21. The molecule has 0 fully saturated rings. The molecule has 0 unspecified atom stereocenters. The summed E-state index contributed by atoms with van der Waals surface area (Å²) < 4.78 is 8.98. The number of aromatic nitrogens is 7. The average Bonchev–Trinajstić information content (AvgIpc) is 3.30. The molecule has 0 aliphatic heterocycles. The number of hydrogen-bond donors (Lipinski definition) is 1. The first-order valence-corrected chi connectivity index (χ1v) is 9.21. The van der Waals surface area contributed by atoms with E-state index in [-0.39, 0.29) is 11.6 Å². The lowest BCUT2D eigenvalue weighted by atomic mass is 10.2. The van der Waals surface area contributed by atoms with E-state index < -0.39 is 0 Å². The number of rotatable bonds is 5. The molecule has 4 aromatic rings. The minimum Gasteiger partial charge on any atom is -0.455 e. The number of nitrogens with zero attached hydrogens (tertiary/aromatic N) is 6. The zero-order chi connectivity index (χ0) is 20.5. The van der Waals surface area contributed by atoms with E-state index in [1.807, 2.05) is 40.1 Å². The van der Waals surface area contributed by atoms with Crippen LogP contribution in [0.2, 0.25) is 0 Å². The van der Waals surface area contributed by atoms with E-state index in [1.165, 1.54) is 4.68 Å². The van der Waals surface area contributed by atoms with Crippen molar-refractivity contribution in [2.75, 3.05) is 0 Å². The maximum Gasteiger partial charge on any atom is 0.349 e. The minimum atomic E-state index is -0.315. The summed E-state index contributed by atoms with van der Waals surface area (Å²) in [5.74, 6) is 2.40. The predicted molar refractivity (Wildman–Crippen MR) is 107 cm³/mol. The summed E-state index contributed by atoms with van der Waals surface area (Å²) in [4.78, 5) is 23.8. The van der Waals surface area contributed by atoms with Gasteiger partial charge in [-0.15, -0.1) is 5.10 Å². The van der Waals surface area contributed by atoms with E-state index >= 15 is 0 Å². The van der Waals surface area contributed by atoms with E-state index in [2.05, 4.69) is 25.1 Å². The Morgan fingerprint density at radius 1 is 1.21 bits per heavy atom. The van der Waals surface area contributed by atoms with Crippen LogP contribution in [0.3, 0.4) is 0 Å². The molecule has 0 aliphatic rings. The highest BCUT2D eigenvalue weighted by atomic mass is 16.5. The first-order chi connectivity index (χ1) is 13.9. The Labute approximate surface area is 167 Å². The molecule has 9 heteroatoms. The molecule has 0 amide bonds. The van der Waals surface area contributed by atoms with Gasteiger partial charge in [0.15, 0.2) is 5.82 Å². The van der Waals surface area contributed by atoms with E-state index in [4.69, 9.17) is 4.74 Å². The molecule has 29 heavy (non-hydrogen) atoms. The number of nitrogens with one attached hydrogen (secondary N) is 1. The molecule has 0 saturated carbocycles. The molecule has 0 spiro atoms. The second-order valence-corrected chi connectivity index (χ2v) is 7.02. The molecule has 4 aromatic heterocycles. The van der Waals surface area contributed by atoms with Crippen molar-refractivity contribution in [3.63, 3.8) is 0 Å². The number of pyridine rings is 2. The smallest absolute Gasteiger partial charge is 0.349 e. The maximum atomic E-state index is 12.2. The summed E-state index contributed by atoms with van der Waals surface area (Å²) in [6, 6.07) is 7.10. The van der Waals surface area contributed by atoms with Gasteiger partial charge in [-0.2, -0.15) is 9.78 Å². The zero-order valence-corrected chi connectivity index (χ0v) is 16.6. The first kappa shape index (κ1) is 18.6. The SMILES string of the molecule is Cc1nc(-n2nc(C(C)C)[nH]c2=O)ccc1Oc1ccnc(-c2cnn(C)c2)c1. The molecule has 0 atom stereocenters. The zero-order valence-electron chi connectivity index (χ0n) is 16.6. The van der Waals surface area contributed by atoms with Crippen molar-refractivity contribution >= 4 is 0 Å². The van der Waals surface area contributed by atoms with Gasteiger partial charge in [0.05, 0.1) is 17.6 Å². The summed E-state index contributed by atoms with van der Waals surface area (Å²) >= 11 is 0. The van der Waals surface area contributed by atoms with Gasteiger partial charge in [-0.1, -0.05) is 13.8 Å². The number of hydrogen-bond acceptors (Lipinski definition) is 6. The number of aryl methyl sites for hydroxylation is 2. The summed E-state index contributed by atoms with van der Waals surface area (Å²) in [6.45, 7) is 5.75. The second-order valence-electron chi connectivity index (χ2n) is 7.02. The fourth-order valence-corrected chi connectivity index (χ4v) is 2.83. The topological polar surface area (TPSA) is 104 Å². The summed E-state index contributed by atoms with van der Waals surface area (Å²) in [6.07, 6.45) is 5.33. The summed E-state index contributed by atoms with van der Waals surface area (Å²) in [5.41, 5.74) is 2.00. The van der Waals surface area contributed by atoms with Gasteiger partial charge in [0.1, 0.15) is 17.3 Å². The van der Waals surface area contributed by atoms with Crippen LogP contribution in [0, 0.1) is 6.92 Å². The van der Waals surface area contributed by atoms with Crippen molar-refractivity contribution in [3.05, 3.63) is 64.9 Å². The Hall–Kier alpha value is -3.75. The Kier molecular flexibility index (Phi) is 4.71. The van der Waals surface area contributed by atoms with Crippen LogP contribution in [-0.2, 0) is 7.05 Å². The lowest BCUT2D eigenvalue weighted by Crippen LogP contribution is -2.17. The molecule has 4 rings (SSSR count). The monoisotopic (exact) mass is 391 g/mol. The Balaban J connectivity index is 1.60. The molecule has 148 valence electrons. The Morgan fingerprint density at radius 2 is 2.03 bits per heavy atom. The fourth-order valence-electron chi connectivity index (χ4n) is 2.83. The van der Waals surface area contributed by atoms with Crippen molar-refractivity contribution in [1.82, 2.24) is 34.5 Å². The predicted octanol–water partition coefficient (Wildman–Crippen LogP) is 2.98. The van der Waals surface area contributed by atoms with Crippen molar-refractivity contribution in [3.8, 4) is 28.6 Å². The highest BCUT2D eigenvalue weighted by molar-refractivity contribution is 5.58. The van der Waals surface area contributed by atoms with Crippen LogP contribution in [-0.4, -0.2) is 34.5 Å². The molecule has 0 saturated heterocycles. The lowest BCUT2D eigenvalue weighted by Gasteiger charge is -2.10. The second kappa shape index (κ2) is 7.34. The molecule has 0 aliphatic carbocycles. The molecule has 9 nitrogen and oxygen atoms in total. The van der Waals surface area contributed by atoms with Gasteiger partial charge < -0.3 is 4.74 Å². The van der Waals surface area contributed by atoms with Crippen molar-refractivity contribution < 1.29 is 4.74 Å². The van der Waals surface area contributed by atoms with Gasteiger partial charge in [0.2, 0.25) is 0 Å². The summed E-state index contributed by atoms with van der Waals surface area (Å²) in [5, 5.41) is 8.48. The Bertz CT molecular complexity index is 1220. The molecule has 1 N–H and O–H groups in total. The quantitative estimate of drug-likeness (QED) is 0.561. The van der Waals surface area contributed by atoms with E-state index in [0.29, 0.717) is 28.8 Å². The normalized spacial score (nSPS) is 11.2. The molecule has 0 aromatic carbocycles. The molecule has 0 radical (unpaired) electrons. The third-order valence-corrected chi connectivity index (χ3v) is 4.38. The third-order valence-electron chi connectivity index (χ3n) is 4.38. The van der Waals surface area contributed by atoms with Crippen molar-refractivity contribution in [2.45, 2.75) is 26.7 Å². The molecular weight excluding hydrogens is 370 g/mol. The molecule has 4 heterocycles. The van der Waals surface area contributed by atoms with E-state index in [0.717, 1.165) is 11.3 Å². The minimum absolute atomic E-state index is 0.119. The van der Waals surface area contributed by atoms with Crippen LogP contribution in [0.15, 0.2) is 47.7 Å². The summed E-state index contributed by atoms with van der Waals surface area (Å²) in [7, 11) is 1.86. The molecule has 0 bridgehead atoms. The van der Waals surface area contributed by atoms with Crippen molar-refractivity contribution in [1.29, 1.82) is 0 Å². The standard InChI is InChI=1S/C20H21N7O2/c1-12(2)19-24-20(28)27(25-19)18-6-5-17(13(3)23-18)29-15-7-8-21-16(9-15)14-10-22-26(4)11-14/h5-12H,1-4H3,(H,24,25,28). The number of ether oxygens (including phenoxy) is 1. The van der Waals surface area contributed by atoms with Crippen LogP contribution in [0.1, 0.15) is 31.3 Å². The van der Waals surface area contributed by atoms with Crippen LogP contribution < -0.4 is 10.4 Å². The van der Waals surface area contributed by atoms with Crippen LogP contribution in [0.5, 0.6) is 11.5 Å². The van der Waals surface area contributed by atoms with Crippen LogP contribution >= 0.6 is 0 Å². The van der Waals surface area contributed by atoms with Gasteiger partial charge in [-0.3, -0.25) is 14.6 Å². The Morgan fingerprint density at radius 3 is 2.69 bits per heavy atom. The van der Waals surface area contributed by atoms with Gasteiger partial charge in [0.25, 0.3) is 0 Å². The van der Waals surface area contributed by atoms with Gasteiger partial charge in [0, 0.05) is 37.0 Å². The lowest BCUT2D eigenvalue weighted by molar-refractivity contribution is 0.474. The third kappa shape index (κ3) is 3.79. The van der Waals surface area contributed by atoms with Gasteiger partial charge >= 0.3 is 5.69 Å². The largest absolute Gasteiger partial charge is 0.455 e. The average molecular weight is 391 g/mol. The van der Waals surface area contributed by atoms with E-state index in [9.17, 15) is 4.79 Å². The van der Waals surface area contributed by atoms with E-state index in [1.54, 1.807) is 35.3 Å².